The number of carbonyl (C=O) groups excluding carboxylic acids is 2. The van der Waals surface area contributed by atoms with E-state index < -0.39 is 23.6 Å². The molecule has 5 aromatic rings. The average molecular weight is 717 g/mol. The average Bonchev–Trinajstić information content (AvgIpc) is 3.19. The highest BCUT2D eigenvalue weighted by Crippen LogP contribution is 2.30. The van der Waals surface area contributed by atoms with Gasteiger partial charge in [0, 0.05) is 56.6 Å². The maximum Gasteiger partial charge on any atom is 0.416 e. The standard InChI is InChI=1S/C44H43F3N4O2/c1-2-32-11-13-36(14-12-32)31-50-24-26-51(27-25-50)43(53)40(29-33-8-4-3-5-9-33)39(28-34-17-21-38(22-18-34)44(45,46)47)42(52)49-30-35-15-19-37(20-16-35)41-10-6-7-23-48-41/h3-23,28,40H,2,24-27,29-31H2,1H3,(H,49,52)/t40-/m0/s1. The predicted octanol–water partition coefficient (Wildman–Crippen LogP) is 8.23. The van der Waals surface area contributed by atoms with Crippen molar-refractivity contribution in [1.29, 1.82) is 0 Å². The van der Waals surface area contributed by atoms with Gasteiger partial charge in [-0.15, -0.1) is 0 Å². The fourth-order valence-corrected chi connectivity index (χ4v) is 6.55. The van der Waals surface area contributed by atoms with Crippen LogP contribution < -0.4 is 5.32 Å². The number of rotatable bonds is 12. The third kappa shape index (κ3) is 10.1. The number of aromatic nitrogens is 1. The molecule has 1 aromatic heterocycles. The minimum atomic E-state index is -4.50. The molecule has 6 rings (SSSR count). The summed E-state index contributed by atoms with van der Waals surface area (Å²) in [5, 5.41) is 3.00. The number of pyridine rings is 1. The summed E-state index contributed by atoms with van der Waals surface area (Å²) in [7, 11) is 0. The first-order chi connectivity index (χ1) is 25.7. The van der Waals surface area contributed by atoms with Gasteiger partial charge in [-0.2, -0.15) is 13.2 Å². The lowest BCUT2D eigenvalue weighted by Crippen LogP contribution is -2.51. The van der Waals surface area contributed by atoms with Gasteiger partial charge in [-0.25, -0.2) is 0 Å². The smallest absolute Gasteiger partial charge is 0.348 e. The van der Waals surface area contributed by atoms with E-state index in [4.69, 9.17) is 0 Å². The molecule has 1 N–H and O–H groups in total. The SMILES string of the molecule is CCc1ccc(CN2CCN(C(=O)[C@@H](Cc3ccccc3)C(=Cc3ccc(C(F)(F)F)cc3)C(=O)NCc3ccc(-c4ccccn4)cc3)CC2)cc1. The van der Waals surface area contributed by atoms with Crippen LogP contribution in [-0.2, 0) is 41.7 Å². The molecule has 0 radical (unpaired) electrons. The zero-order valence-corrected chi connectivity index (χ0v) is 29.7. The molecule has 9 heteroatoms. The van der Waals surface area contributed by atoms with Gasteiger partial charge in [0.1, 0.15) is 0 Å². The molecule has 1 atom stereocenters. The molecule has 53 heavy (non-hydrogen) atoms. The Morgan fingerprint density at radius 3 is 2.02 bits per heavy atom. The normalized spacial score (nSPS) is 14.5. The first kappa shape index (κ1) is 37.2. The van der Waals surface area contributed by atoms with Crippen molar-refractivity contribution in [1.82, 2.24) is 20.1 Å². The summed E-state index contributed by atoms with van der Waals surface area (Å²) in [5.41, 5.74) is 5.80. The molecule has 1 aliphatic heterocycles. The van der Waals surface area contributed by atoms with Crippen LogP contribution in [0.1, 0.15) is 40.3 Å². The number of amides is 2. The monoisotopic (exact) mass is 716 g/mol. The van der Waals surface area contributed by atoms with Gasteiger partial charge in [0.15, 0.2) is 0 Å². The van der Waals surface area contributed by atoms with E-state index in [9.17, 15) is 22.8 Å². The lowest BCUT2D eigenvalue weighted by molar-refractivity contribution is -0.138. The zero-order valence-electron chi connectivity index (χ0n) is 29.7. The number of carbonyl (C=O) groups is 2. The summed E-state index contributed by atoms with van der Waals surface area (Å²) in [5.74, 6) is -1.52. The second kappa shape index (κ2) is 17.3. The van der Waals surface area contributed by atoms with Gasteiger partial charge in [0.2, 0.25) is 11.8 Å². The third-order valence-electron chi connectivity index (χ3n) is 9.67. The maximum atomic E-state index is 14.5. The first-order valence-corrected chi connectivity index (χ1v) is 18.0. The van der Waals surface area contributed by atoms with Crippen molar-refractivity contribution in [2.75, 3.05) is 26.2 Å². The Balaban J connectivity index is 1.25. The zero-order chi connectivity index (χ0) is 37.2. The number of hydrogen-bond donors (Lipinski definition) is 1. The highest BCUT2D eigenvalue weighted by Gasteiger charge is 2.34. The Kier molecular flexibility index (Phi) is 12.2. The summed E-state index contributed by atoms with van der Waals surface area (Å²) in [6, 6.07) is 36.1. The number of aryl methyl sites for hydroxylation is 1. The van der Waals surface area contributed by atoms with Crippen molar-refractivity contribution in [2.45, 2.75) is 39.0 Å². The van der Waals surface area contributed by atoms with E-state index in [1.807, 2.05) is 77.7 Å². The van der Waals surface area contributed by atoms with Gasteiger partial charge < -0.3 is 10.2 Å². The highest BCUT2D eigenvalue weighted by molar-refractivity contribution is 6.04. The Labute approximate surface area is 309 Å². The minimum absolute atomic E-state index is 0.186. The molecule has 0 bridgehead atoms. The lowest BCUT2D eigenvalue weighted by atomic mass is 9.88. The van der Waals surface area contributed by atoms with Crippen LogP contribution in [0.3, 0.4) is 0 Å². The van der Waals surface area contributed by atoms with Crippen LogP contribution in [0, 0.1) is 5.92 Å². The summed E-state index contributed by atoms with van der Waals surface area (Å²) in [6.07, 6.45) is 0.0247. The second-order valence-corrected chi connectivity index (χ2v) is 13.3. The molecule has 2 heterocycles. The van der Waals surface area contributed by atoms with Crippen LogP contribution in [0.5, 0.6) is 0 Å². The van der Waals surface area contributed by atoms with Gasteiger partial charge in [-0.3, -0.25) is 19.5 Å². The molecule has 0 saturated carbocycles. The molecule has 0 unspecified atom stereocenters. The van der Waals surface area contributed by atoms with Crippen LogP contribution in [-0.4, -0.2) is 52.8 Å². The van der Waals surface area contributed by atoms with Crippen molar-refractivity contribution >= 4 is 17.9 Å². The van der Waals surface area contributed by atoms with E-state index in [0.717, 1.165) is 47.5 Å². The van der Waals surface area contributed by atoms with E-state index in [1.165, 1.54) is 23.3 Å². The summed E-state index contributed by atoms with van der Waals surface area (Å²) in [4.78, 5) is 37.3. The number of benzene rings is 4. The fraction of sp³-hybridized carbons (Fsp3) is 0.250. The Morgan fingerprint density at radius 1 is 0.755 bits per heavy atom. The van der Waals surface area contributed by atoms with Crippen molar-refractivity contribution in [3.8, 4) is 11.3 Å². The van der Waals surface area contributed by atoms with Gasteiger partial charge in [-0.05, 0) is 71.0 Å². The molecule has 6 nitrogen and oxygen atoms in total. The van der Waals surface area contributed by atoms with Crippen molar-refractivity contribution in [3.05, 3.63) is 166 Å². The number of alkyl halides is 3. The van der Waals surface area contributed by atoms with Gasteiger partial charge in [0.25, 0.3) is 0 Å². The molecule has 0 spiro atoms. The van der Waals surface area contributed by atoms with E-state index in [1.54, 1.807) is 12.3 Å². The molecular formula is C44H43F3N4O2. The van der Waals surface area contributed by atoms with Gasteiger partial charge >= 0.3 is 6.18 Å². The number of piperazine rings is 1. The molecule has 4 aromatic carbocycles. The van der Waals surface area contributed by atoms with E-state index in [2.05, 4.69) is 46.4 Å². The fourth-order valence-electron chi connectivity index (χ4n) is 6.55. The topological polar surface area (TPSA) is 65.5 Å². The second-order valence-electron chi connectivity index (χ2n) is 13.3. The Hall–Kier alpha value is -5.54. The largest absolute Gasteiger partial charge is 0.416 e. The summed E-state index contributed by atoms with van der Waals surface area (Å²) < 4.78 is 40.3. The molecule has 2 amide bonds. The number of halogens is 3. The van der Waals surface area contributed by atoms with Gasteiger partial charge in [0.05, 0.1) is 17.2 Å². The molecule has 1 fully saturated rings. The quantitative estimate of drug-likeness (QED) is 0.132. The minimum Gasteiger partial charge on any atom is -0.348 e. The lowest BCUT2D eigenvalue weighted by Gasteiger charge is -2.37. The van der Waals surface area contributed by atoms with E-state index >= 15 is 0 Å². The van der Waals surface area contributed by atoms with Crippen LogP contribution >= 0.6 is 0 Å². The number of nitrogens with zero attached hydrogens (tertiary/aromatic N) is 3. The van der Waals surface area contributed by atoms with Crippen LogP contribution in [0.25, 0.3) is 17.3 Å². The van der Waals surface area contributed by atoms with E-state index in [-0.39, 0.29) is 24.4 Å². The van der Waals surface area contributed by atoms with E-state index in [0.29, 0.717) is 31.7 Å². The molecular weight excluding hydrogens is 674 g/mol. The maximum absolute atomic E-state index is 14.5. The van der Waals surface area contributed by atoms with Crippen molar-refractivity contribution in [2.24, 2.45) is 5.92 Å². The Morgan fingerprint density at radius 2 is 1.40 bits per heavy atom. The Bertz CT molecular complexity index is 1970. The van der Waals surface area contributed by atoms with Crippen LogP contribution in [0.4, 0.5) is 13.2 Å². The predicted molar refractivity (Wildman–Crippen MR) is 202 cm³/mol. The van der Waals surface area contributed by atoms with Crippen molar-refractivity contribution in [3.63, 3.8) is 0 Å². The first-order valence-electron chi connectivity index (χ1n) is 18.0. The van der Waals surface area contributed by atoms with Crippen molar-refractivity contribution < 1.29 is 22.8 Å². The number of nitrogens with one attached hydrogen (secondary N) is 1. The van der Waals surface area contributed by atoms with Crippen LogP contribution in [0.15, 0.2) is 133 Å². The van der Waals surface area contributed by atoms with Gasteiger partial charge in [-0.1, -0.05) is 104 Å². The highest BCUT2D eigenvalue weighted by atomic mass is 19.4. The molecule has 1 aliphatic rings. The van der Waals surface area contributed by atoms with Crippen LogP contribution in [0.2, 0.25) is 0 Å². The number of hydrogen-bond acceptors (Lipinski definition) is 4. The molecule has 0 aliphatic carbocycles. The third-order valence-corrected chi connectivity index (χ3v) is 9.67. The summed E-state index contributed by atoms with van der Waals surface area (Å²) >= 11 is 0. The molecule has 1 saturated heterocycles. The molecule has 272 valence electrons. The summed E-state index contributed by atoms with van der Waals surface area (Å²) in [6.45, 7) is 5.45.